The number of methoxy groups -OCH3 is 1. The van der Waals surface area contributed by atoms with E-state index in [9.17, 15) is 9.90 Å². The zero-order valence-corrected chi connectivity index (χ0v) is 14.3. The Balaban J connectivity index is 1.88. The van der Waals surface area contributed by atoms with Gasteiger partial charge in [-0.2, -0.15) is 5.10 Å². The number of benzene rings is 2. The van der Waals surface area contributed by atoms with Crippen LogP contribution in [0.25, 0.3) is 11.3 Å². The van der Waals surface area contributed by atoms with Crippen molar-refractivity contribution in [1.29, 1.82) is 0 Å². The number of anilines is 1. The molecule has 3 aromatic rings. The molecule has 0 radical (unpaired) electrons. The van der Waals surface area contributed by atoms with E-state index in [1.165, 1.54) is 0 Å². The van der Waals surface area contributed by atoms with Gasteiger partial charge in [0.1, 0.15) is 17.2 Å². The highest BCUT2D eigenvalue weighted by atomic mass is 16.5. The maximum atomic E-state index is 12.4. The number of phenolic OH excluding ortho intramolecular Hbond substituents is 1. The van der Waals surface area contributed by atoms with Crippen LogP contribution < -0.4 is 10.1 Å². The van der Waals surface area contributed by atoms with Gasteiger partial charge in [-0.1, -0.05) is 18.2 Å². The minimum Gasteiger partial charge on any atom is -0.507 e. The Morgan fingerprint density at radius 2 is 1.96 bits per heavy atom. The SMILES string of the molecule is COc1ccccc1NC(=O)c1cc(-c2cc(C)cc(C)c2O)n[nH]1. The van der Waals surface area contributed by atoms with Crippen LogP contribution in [-0.2, 0) is 0 Å². The van der Waals surface area contributed by atoms with Gasteiger partial charge in [0, 0.05) is 5.56 Å². The lowest BCUT2D eigenvalue weighted by Gasteiger charge is -2.08. The zero-order chi connectivity index (χ0) is 18.0. The Kier molecular flexibility index (Phi) is 4.43. The summed E-state index contributed by atoms with van der Waals surface area (Å²) in [4.78, 5) is 12.4. The molecule has 0 bridgehead atoms. The fraction of sp³-hybridized carbons (Fsp3) is 0.158. The number of hydrogen-bond donors (Lipinski definition) is 3. The second kappa shape index (κ2) is 6.68. The number of carbonyl (C=O) groups excluding carboxylic acids is 1. The van der Waals surface area contributed by atoms with Gasteiger partial charge >= 0.3 is 0 Å². The number of aromatic amines is 1. The summed E-state index contributed by atoms with van der Waals surface area (Å²) in [5.74, 6) is 0.392. The molecular weight excluding hydrogens is 318 g/mol. The summed E-state index contributed by atoms with van der Waals surface area (Å²) in [6, 6.07) is 12.5. The molecule has 3 N–H and O–H groups in total. The van der Waals surface area contributed by atoms with Gasteiger partial charge in [-0.05, 0) is 49.2 Å². The van der Waals surface area contributed by atoms with Crippen molar-refractivity contribution in [3.8, 4) is 22.8 Å². The standard InChI is InChI=1S/C19H19N3O3/c1-11-8-12(2)18(23)13(9-11)15-10-16(22-21-15)19(24)20-14-6-4-5-7-17(14)25-3/h4-10,23H,1-3H3,(H,20,24)(H,21,22). The predicted octanol–water partition coefficient (Wildman–Crippen LogP) is 3.66. The molecule has 25 heavy (non-hydrogen) atoms. The van der Waals surface area contributed by atoms with E-state index >= 15 is 0 Å². The number of ether oxygens (including phenoxy) is 1. The summed E-state index contributed by atoms with van der Waals surface area (Å²) >= 11 is 0. The molecule has 0 aliphatic heterocycles. The Morgan fingerprint density at radius 3 is 2.72 bits per heavy atom. The molecule has 0 spiro atoms. The number of H-pyrrole nitrogens is 1. The number of nitrogens with zero attached hydrogens (tertiary/aromatic N) is 1. The van der Waals surface area contributed by atoms with Crippen LogP contribution in [0.2, 0.25) is 0 Å². The van der Waals surface area contributed by atoms with Crippen LogP contribution in [0.15, 0.2) is 42.5 Å². The summed E-state index contributed by atoms with van der Waals surface area (Å²) in [7, 11) is 1.54. The highest BCUT2D eigenvalue weighted by Gasteiger charge is 2.16. The number of aryl methyl sites for hydroxylation is 2. The number of aromatic nitrogens is 2. The Morgan fingerprint density at radius 1 is 1.20 bits per heavy atom. The van der Waals surface area contributed by atoms with E-state index in [4.69, 9.17) is 4.74 Å². The molecule has 1 heterocycles. The van der Waals surface area contributed by atoms with E-state index in [0.717, 1.165) is 11.1 Å². The third kappa shape index (κ3) is 3.33. The molecule has 2 aromatic carbocycles. The lowest BCUT2D eigenvalue weighted by molar-refractivity contribution is 0.102. The van der Waals surface area contributed by atoms with E-state index < -0.39 is 0 Å². The van der Waals surface area contributed by atoms with E-state index in [-0.39, 0.29) is 11.7 Å². The van der Waals surface area contributed by atoms with Gasteiger partial charge in [0.05, 0.1) is 18.5 Å². The summed E-state index contributed by atoms with van der Waals surface area (Å²) in [5, 5.41) is 19.9. The van der Waals surface area contributed by atoms with Crippen LogP contribution in [0.1, 0.15) is 21.6 Å². The average Bonchev–Trinajstić information content (AvgIpc) is 3.08. The molecule has 6 heteroatoms. The normalized spacial score (nSPS) is 10.5. The van der Waals surface area contributed by atoms with E-state index in [0.29, 0.717) is 28.4 Å². The van der Waals surface area contributed by atoms with Crippen molar-refractivity contribution in [2.75, 3.05) is 12.4 Å². The van der Waals surface area contributed by atoms with E-state index in [1.807, 2.05) is 38.1 Å². The molecule has 1 aromatic heterocycles. The number of nitrogens with one attached hydrogen (secondary N) is 2. The highest BCUT2D eigenvalue weighted by molar-refractivity contribution is 6.04. The first-order valence-electron chi connectivity index (χ1n) is 7.80. The van der Waals surface area contributed by atoms with Crippen molar-refractivity contribution in [1.82, 2.24) is 10.2 Å². The molecule has 6 nitrogen and oxygen atoms in total. The molecule has 128 valence electrons. The average molecular weight is 337 g/mol. The van der Waals surface area contributed by atoms with Crippen LogP contribution in [-0.4, -0.2) is 28.3 Å². The lowest BCUT2D eigenvalue weighted by Crippen LogP contribution is -2.13. The van der Waals surface area contributed by atoms with Gasteiger partial charge in [0.2, 0.25) is 0 Å². The fourth-order valence-corrected chi connectivity index (χ4v) is 2.67. The number of amides is 1. The third-order valence-corrected chi connectivity index (χ3v) is 3.90. The zero-order valence-electron chi connectivity index (χ0n) is 14.3. The predicted molar refractivity (Wildman–Crippen MR) is 96.1 cm³/mol. The topological polar surface area (TPSA) is 87.2 Å². The first-order chi connectivity index (χ1) is 12.0. The highest BCUT2D eigenvalue weighted by Crippen LogP contribution is 2.32. The van der Waals surface area contributed by atoms with Crippen molar-refractivity contribution >= 4 is 11.6 Å². The van der Waals surface area contributed by atoms with Crippen molar-refractivity contribution in [2.24, 2.45) is 0 Å². The van der Waals surface area contributed by atoms with Crippen LogP contribution >= 0.6 is 0 Å². The smallest absolute Gasteiger partial charge is 0.273 e. The van der Waals surface area contributed by atoms with Gasteiger partial charge in [0.25, 0.3) is 5.91 Å². The molecule has 0 aliphatic rings. The lowest BCUT2D eigenvalue weighted by atomic mass is 10.0. The third-order valence-electron chi connectivity index (χ3n) is 3.90. The van der Waals surface area contributed by atoms with Crippen molar-refractivity contribution in [3.63, 3.8) is 0 Å². The van der Waals surface area contributed by atoms with E-state index in [2.05, 4.69) is 15.5 Å². The minimum atomic E-state index is -0.341. The van der Waals surface area contributed by atoms with Crippen molar-refractivity contribution in [3.05, 3.63) is 59.3 Å². The first-order valence-corrected chi connectivity index (χ1v) is 7.80. The van der Waals surface area contributed by atoms with Gasteiger partial charge in [-0.15, -0.1) is 0 Å². The summed E-state index contributed by atoms with van der Waals surface area (Å²) in [5.41, 5.74) is 3.73. The second-order valence-electron chi connectivity index (χ2n) is 5.80. The maximum absolute atomic E-state index is 12.4. The Bertz CT molecular complexity index is 931. The van der Waals surface area contributed by atoms with Crippen LogP contribution in [0.5, 0.6) is 11.5 Å². The van der Waals surface area contributed by atoms with Crippen LogP contribution in [0.3, 0.4) is 0 Å². The fourth-order valence-electron chi connectivity index (χ4n) is 2.67. The molecule has 0 aliphatic carbocycles. The molecule has 0 saturated heterocycles. The van der Waals surface area contributed by atoms with E-state index in [1.54, 1.807) is 25.3 Å². The number of hydrogen-bond acceptors (Lipinski definition) is 4. The van der Waals surface area contributed by atoms with Gasteiger partial charge in [-0.3, -0.25) is 9.89 Å². The van der Waals surface area contributed by atoms with Crippen molar-refractivity contribution < 1.29 is 14.6 Å². The molecule has 3 rings (SSSR count). The quantitative estimate of drug-likeness (QED) is 0.678. The molecular formula is C19H19N3O3. The summed E-state index contributed by atoms with van der Waals surface area (Å²) in [6.07, 6.45) is 0. The number of aromatic hydroxyl groups is 1. The van der Waals surface area contributed by atoms with Gasteiger partial charge in [0.15, 0.2) is 0 Å². The Hall–Kier alpha value is -3.28. The Labute approximate surface area is 145 Å². The largest absolute Gasteiger partial charge is 0.507 e. The maximum Gasteiger partial charge on any atom is 0.273 e. The first kappa shape index (κ1) is 16.6. The van der Waals surface area contributed by atoms with Gasteiger partial charge < -0.3 is 15.2 Å². The second-order valence-corrected chi connectivity index (χ2v) is 5.80. The summed E-state index contributed by atoms with van der Waals surface area (Å²) in [6.45, 7) is 3.77. The van der Waals surface area contributed by atoms with Crippen LogP contribution in [0.4, 0.5) is 5.69 Å². The van der Waals surface area contributed by atoms with Crippen LogP contribution in [0, 0.1) is 13.8 Å². The number of rotatable bonds is 4. The molecule has 0 atom stereocenters. The van der Waals surface area contributed by atoms with Crippen molar-refractivity contribution in [2.45, 2.75) is 13.8 Å². The number of carbonyl (C=O) groups is 1. The molecule has 0 saturated carbocycles. The van der Waals surface area contributed by atoms with Gasteiger partial charge in [-0.25, -0.2) is 0 Å². The molecule has 0 unspecified atom stereocenters. The molecule has 1 amide bonds. The monoisotopic (exact) mass is 337 g/mol. The molecule has 0 fully saturated rings. The minimum absolute atomic E-state index is 0.161. The number of phenols is 1. The summed E-state index contributed by atoms with van der Waals surface area (Å²) < 4.78 is 5.23. The number of para-hydroxylation sites is 2.